The fourth-order valence-corrected chi connectivity index (χ4v) is 3.74. The normalized spacial score (nSPS) is 21.7. The third kappa shape index (κ3) is 4.32. The molecule has 2 rings (SSSR count). The lowest BCUT2D eigenvalue weighted by Gasteiger charge is -2.36. The molecular formula is C20H27NO2. The lowest BCUT2D eigenvalue weighted by atomic mass is 9.71. The minimum atomic E-state index is -0.764. The van der Waals surface area contributed by atoms with Crippen molar-refractivity contribution < 1.29 is 9.90 Å². The number of likely N-dealkylation sites (N-methyl/N-ethyl adjacent to an activating group) is 1. The van der Waals surface area contributed by atoms with E-state index in [0.29, 0.717) is 11.8 Å². The molecule has 1 aromatic rings. The number of carboxylic acids is 1. The summed E-state index contributed by atoms with van der Waals surface area (Å²) >= 11 is 0. The van der Waals surface area contributed by atoms with E-state index in [1.54, 1.807) is 0 Å². The van der Waals surface area contributed by atoms with Crippen LogP contribution >= 0.6 is 0 Å². The van der Waals surface area contributed by atoms with Crippen LogP contribution < -0.4 is 0 Å². The summed E-state index contributed by atoms with van der Waals surface area (Å²) in [6, 6.07) is 8.68. The number of carbonyl (C=O) groups is 1. The molecule has 3 heteroatoms. The van der Waals surface area contributed by atoms with Gasteiger partial charge in [0, 0.05) is 12.5 Å². The van der Waals surface area contributed by atoms with E-state index in [4.69, 9.17) is 5.11 Å². The summed E-state index contributed by atoms with van der Waals surface area (Å²) in [5.41, 5.74) is 4.16. The van der Waals surface area contributed by atoms with Crippen LogP contribution in [0.25, 0.3) is 0 Å². The van der Waals surface area contributed by atoms with Crippen LogP contribution in [0, 0.1) is 5.92 Å². The maximum atomic E-state index is 11.0. The highest BCUT2D eigenvalue weighted by Crippen LogP contribution is 2.41. The molecule has 0 saturated heterocycles. The first kappa shape index (κ1) is 17.5. The summed E-state index contributed by atoms with van der Waals surface area (Å²) in [5, 5.41) is 9.01. The summed E-state index contributed by atoms with van der Waals surface area (Å²) < 4.78 is 0. The second kappa shape index (κ2) is 8.11. The van der Waals surface area contributed by atoms with Crippen LogP contribution in [0.15, 0.2) is 48.1 Å². The van der Waals surface area contributed by atoms with Crippen LogP contribution in [0.5, 0.6) is 0 Å². The van der Waals surface area contributed by atoms with Gasteiger partial charge in [0.25, 0.3) is 0 Å². The molecule has 0 amide bonds. The van der Waals surface area contributed by atoms with Crippen LogP contribution in [-0.4, -0.2) is 36.1 Å². The summed E-state index contributed by atoms with van der Waals surface area (Å²) in [7, 11) is 1.90. The molecule has 1 aliphatic rings. The molecule has 23 heavy (non-hydrogen) atoms. The van der Waals surface area contributed by atoms with Crippen LogP contribution in [-0.2, 0) is 11.2 Å². The van der Waals surface area contributed by atoms with Crippen LogP contribution in [0.2, 0.25) is 0 Å². The van der Waals surface area contributed by atoms with Crippen LogP contribution in [0.3, 0.4) is 0 Å². The van der Waals surface area contributed by atoms with E-state index >= 15 is 0 Å². The van der Waals surface area contributed by atoms with Crippen molar-refractivity contribution in [2.24, 2.45) is 5.92 Å². The summed E-state index contributed by atoms with van der Waals surface area (Å²) in [6.07, 6.45) is 8.64. The average molecular weight is 313 g/mol. The lowest BCUT2D eigenvalue weighted by molar-refractivity contribution is -0.138. The van der Waals surface area contributed by atoms with Gasteiger partial charge in [-0.15, -0.1) is 0 Å². The molecule has 0 bridgehead atoms. The van der Waals surface area contributed by atoms with Crippen molar-refractivity contribution in [1.29, 1.82) is 0 Å². The number of hydrogen-bond acceptors (Lipinski definition) is 2. The predicted molar refractivity (Wildman–Crippen MR) is 94.7 cm³/mol. The van der Waals surface area contributed by atoms with E-state index in [2.05, 4.69) is 49.4 Å². The zero-order valence-corrected chi connectivity index (χ0v) is 14.3. The van der Waals surface area contributed by atoms with Gasteiger partial charge in [0.1, 0.15) is 0 Å². The Bertz CT molecular complexity index is 603. The Morgan fingerprint density at radius 3 is 2.74 bits per heavy atom. The monoisotopic (exact) mass is 313 g/mol. The second-order valence-electron chi connectivity index (χ2n) is 6.35. The molecule has 0 aliphatic heterocycles. The van der Waals surface area contributed by atoms with Gasteiger partial charge < -0.3 is 5.11 Å². The van der Waals surface area contributed by atoms with Gasteiger partial charge in [-0.1, -0.05) is 42.5 Å². The first-order valence-corrected chi connectivity index (χ1v) is 8.33. The van der Waals surface area contributed by atoms with E-state index in [0.717, 1.165) is 19.4 Å². The quantitative estimate of drug-likeness (QED) is 0.811. The topological polar surface area (TPSA) is 40.5 Å². The Balaban J connectivity index is 2.32. The highest BCUT2D eigenvalue weighted by atomic mass is 16.4. The largest absolute Gasteiger partial charge is 0.480 e. The van der Waals surface area contributed by atoms with Crippen molar-refractivity contribution in [2.75, 3.05) is 20.1 Å². The third-order valence-electron chi connectivity index (χ3n) is 4.65. The molecular weight excluding hydrogens is 286 g/mol. The molecule has 2 atom stereocenters. The molecule has 124 valence electrons. The van der Waals surface area contributed by atoms with Crippen molar-refractivity contribution in [1.82, 2.24) is 4.90 Å². The third-order valence-corrected chi connectivity index (χ3v) is 4.65. The minimum absolute atomic E-state index is 0.0969. The van der Waals surface area contributed by atoms with E-state index in [9.17, 15) is 4.79 Å². The Morgan fingerprint density at radius 2 is 2.09 bits per heavy atom. The standard InChI is InChI=1S/C20H27NO2/c1-4-8-15(5-2)20-17(13-21(3)14-19(22)23)12-11-16-9-6-7-10-18(16)20/h4-10,17,20H,11-14H2,1-3H3,(H,22,23)/b8-4-,15-5+. The number of aliphatic carboxylic acids is 1. The molecule has 1 aromatic carbocycles. The highest BCUT2D eigenvalue weighted by molar-refractivity contribution is 5.69. The van der Waals surface area contributed by atoms with E-state index in [1.165, 1.54) is 16.7 Å². The van der Waals surface area contributed by atoms with Crippen LogP contribution in [0.4, 0.5) is 0 Å². The fourth-order valence-electron chi connectivity index (χ4n) is 3.74. The summed E-state index contributed by atoms with van der Waals surface area (Å²) in [4.78, 5) is 12.9. The number of allylic oxidation sites excluding steroid dienone is 4. The van der Waals surface area contributed by atoms with Gasteiger partial charge in [-0.2, -0.15) is 0 Å². The maximum absolute atomic E-state index is 11.0. The summed E-state index contributed by atoms with van der Waals surface area (Å²) in [6.45, 7) is 5.04. The van der Waals surface area contributed by atoms with E-state index < -0.39 is 5.97 Å². The molecule has 1 aliphatic carbocycles. The molecule has 1 N–H and O–H groups in total. The van der Waals surface area contributed by atoms with Gasteiger partial charge in [-0.3, -0.25) is 9.69 Å². The van der Waals surface area contributed by atoms with Crippen molar-refractivity contribution in [3.05, 3.63) is 59.2 Å². The summed E-state index contributed by atoms with van der Waals surface area (Å²) in [5.74, 6) is 0.0222. The van der Waals surface area contributed by atoms with Crippen molar-refractivity contribution in [2.45, 2.75) is 32.6 Å². The molecule has 0 heterocycles. The first-order valence-electron chi connectivity index (χ1n) is 8.33. The number of benzene rings is 1. The molecule has 0 fully saturated rings. The van der Waals surface area contributed by atoms with Gasteiger partial charge in [0.15, 0.2) is 0 Å². The van der Waals surface area contributed by atoms with E-state index in [1.807, 2.05) is 18.9 Å². The SMILES string of the molecule is C/C=C\C(=C/C)C1c2ccccc2CCC1CN(C)CC(=O)O. The number of rotatable bonds is 6. The van der Waals surface area contributed by atoms with Crippen molar-refractivity contribution >= 4 is 5.97 Å². The van der Waals surface area contributed by atoms with E-state index in [-0.39, 0.29) is 6.54 Å². The highest BCUT2D eigenvalue weighted by Gasteiger charge is 2.31. The number of fused-ring (bicyclic) bond motifs is 1. The smallest absolute Gasteiger partial charge is 0.317 e. The lowest BCUT2D eigenvalue weighted by Crippen LogP contribution is -2.35. The molecule has 0 spiro atoms. The Hall–Kier alpha value is -1.87. The minimum Gasteiger partial charge on any atom is -0.480 e. The number of nitrogens with zero attached hydrogens (tertiary/aromatic N) is 1. The molecule has 2 unspecified atom stereocenters. The van der Waals surface area contributed by atoms with Gasteiger partial charge in [-0.25, -0.2) is 0 Å². The Labute approximate surface area is 139 Å². The van der Waals surface area contributed by atoms with Crippen molar-refractivity contribution in [3.8, 4) is 0 Å². The molecule has 0 aromatic heterocycles. The van der Waals surface area contributed by atoms with Gasteiger partial charge in [-0.05, 0) is 56.4 Å². The Morgan fingerprint density at radius 1 is 1.35 bits per heavy atom. The molecule has 3 nitrogen and oxygen atoms in total. The molecule has 0 saturated carbocycles. The van der Waals surface area contributed by atoms with Gasteiger partial charge in [0.2, 0.25) is 0 Å². The number of hydrogen-bond donors (Lipinski definition) is 1. The van der Waals surface area contributed by atoms with Crippen molar-refractivity contribution in [3.63, 3.8) is 0 Å². The van der Waals surface area contributed by atoms with Gasteiger partial charge in [0.05, 0.1) is 6.54 Å². The van der Waals surface area contributed by atoms with Crippen LogP contribution in [0.1, 0.15) is 37.3 Å². The fraction of sp³-hybridized carbons (Fsp3) is 0.450. The maximum Gasteiger partial charge on any atom is 0.317 e. The Kier molecular flexibility index (Phi) is 6.17. The number of aryl methyl sites for hydroxylation is 1. The average Bonchev–Trinajstić information content (AvgIpc) is 2.52. The number of carboxylic acid groups (broad SMARTS) is 1. The zero-order valence-electron chi connectivity index (χ0n) is 14.3. The predicted octanol–water partition coefficient (Wildman–Crippen LogP) is 3.87. The second-order valence-corrected chi connectivity index (χ2v) is 6.35. The van der Waals surface area contributed by atoms with Gasteiger partial charge >= 0.3 is 5.97 Å². The molecule has 0 radical (unpaired) electrons. The first-order chi connectivity index (χ1) is 11.1. The zero-order chi connectivity index (χ0) is 16.8.